The van der Waals surface area contributed by atoms with Gasteiger partial charge in [-0.1, -0.05) is 30.3 Å². The Kier molecular flexibility index (Phi) is 5.03. The number of fused-ring (bicyclic) bond motifs is 1. The van der Waals surface area contributed by atoms with Crippen LogP contribution in [0, 0.1) is 0 Å². The molecule has 0 atom stereocenters. The van der Waals surface area contributed by atoms with Crippen molar-refractivity contribution in [2.24, 2.45) is 0 Å². The molecular weight excluding hydrogens is 374 g/mol. The lowest BCUT2D eigenvalue weighted by Gasteiger charge is -2.41. The van der Waals surface area contributed by atoms with E-state index in [2.05, 4.69) is 19.8 Å². The van der Waals surface area contributed by atoms with E-state index in [-0.39, 0.29) is 11.6 Å². The van der Waals surface area contributed by atoms with Crippen molar-refractivity contribution in [1.82, 2.24) is 24.3 Å². The van der Waals surface area contributed by atoms with Gasteiger partial charge in [-0.3, -0.25) is 14.3 Å². The molecule has 0 N–H and O–H groups in total. The Morgan fingerprint density at radius 2 is 1.73 bits per heavy atom. The minimum Gasteiger partial charge on any atom is -0.304 e. The molecule has 0 amide bonds. The van der Waals surface area contributed by atoms with Crippen LogP contribution in [0.5, 0.6) is 0 Å². The Morgan fingerprint density at radius 1 is 1.00 bits per heavy atom. The van der Waals surface area contributed by atoms with E-state index < -0.39 is 0 Å². The maximum atomic E-state index is 13.6. The van der Waals surface area contributed by atoms with Crippen LogP contribution < -0.4 is 5.56 Å². The topological polar surface area (TPSA) is 54.3 Å². The van der Waals surface area contributed by atoms with Gasteiger partial charge in [0.15, 0.2) is 0 Å². The summed E-state index contributed by atoms with van der Waals surface area (Å²) in [5.74, 6) is 0. The maximum absolute atomic E-state index is 13.6. The monoisotopic (exact) mass is 404 g/mol. The molecule has 30 heavy (non-hydrogen) atoms. The first-order valence-corrected chi connectivity index (χ1v) is 10.9. The quantitative estimate of drug-likeness (QED) is 0.671. The van der Waals surface area contributed by atoms with Crippen LogP contribution in [0.25, 0.3) is 22.2 Å². The van der Waals surface area contributed by atoms with Gasteiger partial charge in [-0.15, -0.1) is 0 Å². The summed E-state index contributed by atoms with van der Waals surface area (Å²) in [4.78, 5) is 27.1. The van der Waals surface area contributed by atoms with Crippen LogP contribution >= 0.6 is 0 Å². The molecule has 6 nitrogen and oxygen atoms in total. The summed E-state index contributed by atoms with van der Waals surface area (Å²) in [6.07, 6.45) is 7.52. The van der Waals surface area contributed by atoms with E-state index in [1.54, 1.807) is 0 Å². The lowest BCUT2D eigenvalue weighted by molar-refractivity contribution is 0.0824. The highest BCUT2D eigenvalue weighted by Crippen LogP contribution is 2.33. The number of aromatic nitrogens is 3. The molecular formula is C24H29N5O. The summed E-state index contributed by atoms with van der Waals surface area (Å²) >= 11 is 0. The molecule has 2 aliphatic rings. The minimum atomic E-state index is 0.0462. The van der Waals surface area contributed by atoms with E-state index in [0.717, 1.165) is 74.0 Å². The Hall–Kier alpha value is -2.57. The number of likely N-dealkylation sites (N-methyl/N-ethyl adjacent to an activating group) is 1. The second-order valence-electron chi connectivity index (χ2n) is 8.52. The smallest absolute Gasteiger partial charge is 0.260 e. The highest BCUT2D eigenvalue weighted by atomic mass is 16.1. The second kappa shape index (κ2) is 8.28. The van der Waals surface area contributed by atoms with Crippen LogP contribution in [0.2, 0.25) is 0 Å². The number of nitrogens with zero attached hydrogens (tertiary/aromatic N) is 5. The van der Waals surface area contributed by atoms with Crippen LogP contribution in [0.3, 0.4) is 0 Å². The zero-order valence-electron chi connectivity index (χ0n) is 18.3. The third-order valence-corrected chi connectivity index (χ3v) is 6.74. The first kappa shape index (κ1) is 18.2. The molecule has 0 unspecified atom stereocenters. The van der Waals surface area contributed by atoms with E-state index in [1.165, 1.54) is 6.33 Å². The normalized spacial score (nSPS) is 24.1. The van der Waals surface area contributed by atoms with E-state index in [9.17, 15) is 4.79 Å². The van der Waals surface area contributed by atoms with Gasteiger partial charge >= 0.3 is 0 Å². The molecule has 2 aromatic heterocycles. The van der Waals surface area contributed by atoms with Crippen molar-refractivity contribution < 1.29 is 1.37 Å². The van der Waals surface area contributed by atoms with Crippen LogP contribution in [-0.2, 0) is 0 Å². The van der Waals surface area contributed by atoms with E-state index >= 15 is 0 Å². The lowest BCUT2D eigenvalue weighted by Crippen LogP contribution is -2.50. The average Bonchev–Trinajstić information content (AvgIpc) is 2.84. The molecule has 1 aromatic carbocycles. The minimum absolute atomic E-state index is 0.0462. The Balaban J connectivity index is 1.42. The van der Waals surface area contributed by atoms with Crippen LogP contribution in [0.15, 0.2) is 53.7 Å². The molecule has 1 aliphatic heterocycles. The van der Waals surface area contributed by atoms with E-state index in [0.29, 0.717) is 13.1 Å². The van der Waals surface area contributed by atoms with E-state index in [1.807, 2.05) is 47.2 Å². The SMILES string of the molecule is [2H]CN1CCN(C2CCC(n3c(=O)c(-c4ccccc4)cc4cncnc43)CC2)CC1. The maximum Gasteiger partial charge on any atom is 0.260 e. The summed E-state index contributed by atoms with van der Waals surface area (Å²) < 4.78 is 9.50. The van der Waals surface area contributed by atoms with Crippen molar-refractivity contribution in [3.05, 3.63) is 59.3 Å². The van der Waals surface area contributed by atoms with E-state index in [4.69, 9.17) is 1.37 Å². The molecule has 3 aromatic rings. The molecule has 6 heteroatoms. The molecule has 1 aliphatic carbocycles. The molecule has 1 saturated carbocycles. The Morgan fingerprint density at radius 3 is 2.47 bits per heavy atom. The van der Waals surface area contributed by atoms with Crippen molar-refractivity contribution in [1.29, 1.82) is 0 Å². The van der Waals surface area contributed by atoms with Gasteiger partial charge in [0.25, 0.3) is 5.56 Å². The fourth-order valence-electron chi connectivity index (χ4n) is 5.05. The highest BCUT2D eigenvalue weighted by Gasteiger charge is 2.30. The molecule has 156 valence electrons. The summed E-state index contributed by atoms with van der Waals surface area (Å²) in [5.41, 5.74) is 2.45. The van der Waals surface area contributed by atoms with Gasteiger partial charge in [0.2, 0.25) is 0 Å². The number of hydrogen-bond donors (Lipinski definition) is 0. The van der Waals surface area contributed by atoms with Gasteiger partial charge in [0.1, 0.15) is 12.0 Å². The number of benzene rings is 1. The largest absolute Gasteiger partial charge is 0.304 e. The first-order valence-electron chi connectivity index (χ1n) is 11.6. The zero-order valence-corrected chi connectivity index (χ0v) is 17.3. The van der Waals surface area contributed by atoms with Crippen molar-refractivity contribution in [2.45, 2.75) is 37.8 Å². The van der Waals surface area contributed by atoms with Gasteiger partial charge in [-0.25, -0.2) is 9.97 Å². The van der Waals surface area contributed by atoms with Crippen molar-refractivity contribution in [2.75, 3.05) is 33.2 Å². The van der Waals surface area contributed by atoms with Gasteiger partial charge in [-0.2, -0.15) is 0 Å². The fraction of sp³-hybridized carbons (Fsp3) is 0.458. The third kappa shape index (κ3) is 3.66. The Labute approximate surface area is 178 Å². The average molecular weight is 405 g/mol. The summed E-state index contributed by atoms with van der Waals surface area (Å²) in [6.45, 7) is 4.08. The summed E-state index contributed by atoms with van der Waals surface area (Å²) in [7, 11) is 0.399. The predicted molar refractivity (Wildman–Crippen MR) is 120 cm³/mol. The molecule has 5 rings (SSSR count). The van der Waals surface area contributed by atoms with Crippen molar-refractivity contribution >= 4 is 11.0 Å². The number of piperazine rings is 1. The predicted octanol–water partition coefficient (Wildman–Crippen LogP) is 3.19. The lowest BCUT2D eigenvalue weighted by atomic mass is 9.89. The van der Waals surface area contributed by atoms with Crippen LogP contribution in [0.1, 0.15) is 33.1 Å². The number of pyridine rings is 1. The third-order valence-electron chi connectivity index (χ3n) is 6.74. The standard InChI is InChI=1S/C24H29N5O/c1-27-11-13-28(14-12-27)20-7-9-21(10-8-20)29-23-19(16-25-17-26-23)15-22(24(29)30)18-5-3-2-4-6-18/h2-6,15-17,20-21H,7-14H2,1H3/i1D. The van der Waals surface area contributed by atoms with Crippen molar-refractivity contribution in [3.63, 3.8) is 0 Å². The number of hydrogen-bond acceptors (Lipinski definition) is 5. The Bertz CT molecular complexity index is 1090. The molecule has 1 saturated heterocycles. The van der Waals surface area contributed by atoms with Gasteiger partial charge in [-0.05, 0) is 44.3 Å². The van der Waals surface area contributed by atoms with Crippen molar-refractivity contribution in [3.8, 4) is 11.1 Å². The molecule has 3 heterocycles. The van der Waals surface area contributed by atoms with Crippen LogP contribution in [-0.4, -0.2) is 63.6 Å². The second-order valence-corrected chi connectivity index (χ2v) is 8.52. The van der Waals surface area contributed by atoms with Gasteiger partial charge < -0.3 is 4.90 Å². The summed E-state index contributed by atoms with van der Waals surface area (Å²) in [6, 6.07) is 12.6. The fourth-order valence-corrected chi connectivity index (χ4v) is 5.05. The summed E-state index contributed by atoms with van der Waals surface area (Å²) in [5, 5.41) is 0.912. The first-order chi connectivity index (χ1) is 15.2. The van der Waals surface area contributed by atoms with Crippen LogP contribution in [0.4, 0.5) is 0 Å². The van der Waals surface area contributed by atoms with Gasteiger partial charge in [0, 0.05) is 56.8 Å². The molecule has 0 spiro atoms. The molecule has 0 bridgehead atoms. The van der Waals surface area contributed by atoms with Gasteiger partial charge in [0.05, 0.1) is 0 Å². The zero-order chi connectivity index (χ0) is 21.2. The molecule has 2 fully saturated rings. The molecule has 0 radical (unpaired) electrons. The highest BCUT2D eigenvalue weighted by molar-refractivity contribution is 5.80. The number of rotatable bonds is 3.